The molecule has 0 spiro atoms. The lowest BCUT2D eigenvalue weighted by atomic mass is 9.91. The second kappa shape index (κ2) is 15.1. The van der Waals surface area contributed by atoms with Crippen LogP contribution in [0, 0.1) is 12.3 Å². The van der Waals surface area contributed by atoms with Gasteiger partial charge in [0.15, 0.2) is 0 Å². The van der Waals surface area contributed by atoms with Crippen molar-refractivity contribution in [3.05, 3.63) is 87.8 Å². The first kappa shape index (κ1) is 37.3. The number of pyridine rings is 2. The fourth-order valence-electron chi connectivity index (χ4n) is 5.84. The van der Waals surface area contributed by atoms with Gasteiger partial charge in [0.1, 0.15) is 23.4 Å². The third-order valence-corrected chi connectivity index (χ3v) is 8.43. The van der Waals surface area contributed by atoms with E-state index in [1.807, 2.05) is 37.3 Å². The summed E-state index contributed by atoms with van der Waals surface area (Å²) in [6.07, 6.45) is 4.12. The number of fused-ring (bicyclic) bond motifs is 2. The summed E-state index contributed by atoms with van der Waals surface area (Å²) in [6, 6.07) is 13.0. The Labute approximate surface area is 286 Å². The number of nitrogens with one attached hydrogen (secondary N) is 1. The highest BCUT2D eigenvalue weighted by molar-refractivity contribution is 6.19. The highest BCUT2D eigenvalue weighted by atomic mass is 35.5. The van der Waals surface area contributed by atoms with Gasteiger partial charge in [-0.05, 0) is 68.7 Å². The molecule has 252 valence electrons. The predicted octanol–water partition coefficient (Wildman–Crippen LogP) is 5.80. The number of carbonyl (C=O) groups excluding carboxylic acids is 3. The van der Waals surface area contributed by atoms with Gasteiger partial charge >= 0.3 is 5.97 Å². The van der Waals surface area contributed by atoms with Crippen LogP contribution < -0.4 is 15.8 Å². The third kappa shape index (κ3) is 7.69. The van der Waals surface area contributed by atoms with Gasteiger partial charge in [-0.25, -0.2) is 0 Å². The van der Waals surface area contributed by atoms with Gasteiger partial charge in [0.2, 0.25) is 11.8 Å². The van der Waals surface area contributed by atoms with E-state index in [9.17, 15) is 19.2 Å². The van der Waals surface area contributed by atoms with Crippen LogP contribution in [-0.4, -0.2) is 45.8 Å². The molecule has 0 saturated carbocycles. The van der Waals surface area contributed by atoms with Crippen LogP contribution in [0.2, 0.25) is 0 Å². The van der Waals surface area contributed by atoms with Crippen molar-refractivity contribution < 1.29 is 23.5 Å². The molecule has 1 aromatic carbocycles. The lowest BCUT2D eigenvalue weighted by molar-refractivity contribution is -0.142. The van der Waals surface area contributed by atoms with E-state index >= 15 is 0 Å². The maximum Gasteiger partial charge on any atom is 0.303 e. The molecule has 4 aromatic rings. The number of carbonyl (C=O) groups is 3. The van der Waals surface area contributed by atoms with Crippen LogP contribution in [-0.2, 0) is 38.8 Å². The molecule has 4 heterocycles. The number of aromatic nitrogens is 2. The van der Waals surface area contributed by atoms with E-state index in [2.05, 4.69) is 22.1 Å². The van der Waals surface area contributed by atoms with Crippen molar-refractivity contribution in [3.63, 3.8) is 0 Å². The van der Waals surface area contributed by atoms with Crippen molar-refractivity contribution >= 4 is 64.9 Å². The number of aryl methyl sites for hydroxylation is 1. The Morgan fingerprint density at radius 3 is 2.57 bits per heavy atom. The molecule has 1 N–H and O–H groups in total. The molecule has 0 radical (unpaired) electrons. The van der Waals surface area contributed by atoms with Crippen LogP contribution in [0.25, 0.3) is 11.0 Å². The number of benzene rings is 1. The van der Waals surface area contributed by atoms with Gasteiger partial charge in [-0.15, -0.1) is 24.8 Å². The molecule has 5 rings (SSSR count). The number of ether oxygens (including phenoxy) is 1. The summed E-state index contributed by atoms with van der Waals surface area (Å²) in [4.78, 5) is 59.3. The molecule has 3 aromatic heterocycles. The van der Waals surface area contributed by atoms with Gasteiger partial charge in [-0.1, -0.05) is 19.1 Å². The first-order valence-corrected chi connectivity index (χ1v) is 15.0. The Hall–Kier alpha value is -4.19. The minimum absolute atomic E-state index is 0. The van der Waals surface area contributed by atoms with Gasteiger partial charge in [-0.3, -0.25) is 29.1 Å². The maximum atomic E-state index is 13.3. The largest absolute Gasteiger partial charge is 0.461 e. The molecule has 0 saturated heterocycles. The summed E-state index contributed by atoms with van der Waals surface area (Å²) in [6.45, 7) is 9.91. The summed E-state index contributed by atoms with van der Waals surface area (Å²) in [5, 5.41) is 3.45. The first-order valence-electron chi connectivity index (χ1n) is 15.0. The monoisotopic (exact) mass is 685 g/mol. The molecule has 2 amide bonds. The van der Waals surface area contributed by atoms with Gasteiger partial charge in [0.25, 0.3) is 5.56 Å². The Morgan fingerprint density at radius 1 is 1.13 bits per heavy atom. The number of nitrogens with zero attached hydrogens (tertiary/aromatic N) is 4. The van der Waals surface area contributed by atoms with Crippen LogP contribution in [0.3, 0.4) is 0 Å². The quantitative estimate of drug-likeness (QED) is 0.164. The average molecular weight is 687 g/mol. The van der Waals surface area contributed by atoms with Crippen molar-refractivity contribution in [2.24, 2.45) is 5.41 Å². The van der Waals surface area contributed by atoms with Crippen molar-refractivity contribution in [2.75, 3.05) is 23.8 Å². The van der Waals surface area contributed by atoms with Crippen LogP contribution in [0.15, 0.2) is 64.1 Å². The Kier molecular flexibility index (Phi) is 12.0. The molecule has 47 heavy (non-hydrogen) atoms. The minimum Gasteiger partial charge on any atom is -0.461 e. The fraction of sp³-hybridized carbons (Fsp3) is 0.382. The van der Waals surface area contributed by atoms with E-state index in [0.717, 1.165) is 11.1 Å². The van der Waals surface area contributed by atoms with Gasteiger partial charge in [0.05, 0.1) is 22.5 Å². The number of hydrogen-bond donors (Lipinski definition) is 1. The molecule has 1 aliphatic heterocycles. The fourth-order valence-corrected chi connectivity index (χ4v) is 5.84. The van der Waals surface area contributed by atoms with E-state index < -0.39 is 11.4 Å². The summed E-state index contributed by atoms with van der Waals surface area (Å²) in [5.41, 5.74) is 2.88. The number of hydrogen-bond acceptors (Lipinski definition) is 8. The number of furan rings is 1. The molecule has 1 aliphatic rings. The molecular formula is C34H41Cl2N5O6. The van der Waals surface area contributed by atoms with Crippen LogP contribution in [0.1, 0.15) is 62.7 Å². The number of halogens is 2. The summed E-state index contributed by atoms with van der Waals surface area (Å²) >= 11 is 0. The molecule has 13 heteroatoms. The third-order valence-electron chi connectivity index (χ3n) is 8.43. The highest BCUT2D eigenvalue weighted by Crippen LogP contribution is 2.38. The Morgan fingerprint density at radius 2 is 1.87 bits per heavy atom. The van der Waals surface area contributed by atoms with Crippen LogP contribution in [0.4, 0.5) is 11.4 Å². The van der Waals surface area contributed by atoms with E-state index in [1.165, 1.54) is 11.8 Å². The molecular weight excluding hydrogens is 645 g/mol. The van der Waals surface area contributed by atoms with Crippen LogP contribution >= 0.6 is 24.8 Å². The molecule has 0 bridgehead atoms. The average Bonchev–Trinajstić information content (AvgIpc) is 3.38. The predicted molar refractivity (Wildman–Crippen MR) is 185 cm³/mol. The lowest BCUT2D eigenvalue weighted by Crippen LogP contribution is -2.43. The van der Waals surface area contributed by atoms with Gasteiger partial charge in [-0.2, -0.15) is 0 Å². The smallest absolute Gasteiger partial charge is 0.303 e. The highest BCUT2D eigenvalue weighted by Gasteiger charge is 2.42. The van der Waals surface area contributed by atoms with Crippen molar-refractivity contribution in [3.8, 4) is 0 Å². The number of amides is 2. The summed E-state index contributed by atoms with van der Waals surface area (Å²) in [7, 11) is 1.68. The minimum atomic E-state index is -1.22. The standard InChI is InChI=1S/C34H39N5O6.2ClH/c1-7-28(23-10-11-26-29(18-23)37(6)33(43)34(4,5)32(42)36-26)39(19-24-9-8-13-35-27(24)20-44-22(3)40)16-15-38-14-12-30-25(31(38)41)17-21(2)45-30;;/h8-14,17-18,28H,7,15-16,19-20H2,1-6H3,(H,36,42);2*1H. The second-order valence-corrected chi connectivity index (χ2v) is 12.0. The summed E-state index contributed by atoms with van der Waals surface area (Å²) < 4.78 is 12.6. The number of anilines is 2. The molecule has 0 aliphatic carbocycles. The van der Waals surface area contributed by atoms with E-state index in [1.54, 1.807) is 50.0 Å². The van der Waals surface area contributed by atoms with Crippen LogP contribution in [0.5, 0.6) is 0 Å². The lowest BCUT2D eigenvalue weighted by Gasteiger charge is -2.33. The SMILES string of the molecule is CCC(c1ccc2c(c1)N(C)C(=O)C(C)(C)C(=O)N2)N(CCn1ccc2oc(C)cc2c1=O)Cc1cccnc1COC(C)=O.Cl.Cl. The zero-order valence-electron chi connectivity index (χ0n) is 27.4. The zero-order valence-corrected chi connectivity index (χ0v) is 29.0. The maximum absolute atomic E-state index is 13.3. The Balaban J connectivity index is 0.00000300. The molecule has 1 unspecified atom stereocenters. The molecule has 1 atom stereocenters. The van der Waals surface area contributed by atoms with Crippen molar-refractivity contribution in [2.45, 2.75) is 66.8 Å². The van der Waals surface area contributed by atoms with Gasteiger partial charge in [0, 0.05) is 52.0 Å². The number of esters is 1. The number of rotatable bonds is 10. The Bertz CT molecular complexity index is 1840. The zero-order chi connectivity index (χ0) is 32.5. The van der Waals surface area contributed by atoms with Gasteiger partial charge < -0.3 is 23.9 Å². The normalized spacial score (nSPS) is 14.5. The summed E-state index contributed by atoms with van der Waals surface area (Å²) in [5.74, 6) is -0.365. The molecule has 11 nitrogen and oxygen atoms in total. The van der Waals surface area contributed by atoms with E-state index in [0.29, 0.717) is 59.9 Å². The van der Waals surface area contributed by atoms with E-state index in [-0.39, 0.29) is 54.8 Å². The van der Waals surface area contributed by atoms with Crippen molar-refractivity contribution in [1.82, 2.24) is 14.5 Å². The topological polar surface area (TPSA) is 127 Å². The molecule has 0 fully saturated rings. The van der Waals surface area contributed by atoms with E-state index in [4.69, 9.17) is 9.15 Å². The van der Waals surface area contributed by atoms with Crippen molar-refractivity contribution in [1.29, 1.82) is 0 Å². The first-order chi connectivity index (χ1) is 21.4. The second-order valence-electron chi connectivity index (χ2n) is 12.0.